The van der Waals surface area contributed by atoms with E-state index in [0.29, 0.717) is 11.5 Å². The molecule has 0 aliphatic heterocycles. The molecule has 3 aromatic carbocycles. The van der Waals surface area contributed by atoms with Crippen molar-refractivity contribution in [2.75, 3.05) is 6.61 Å². The molecular formula is C23H21N3O2S. The van der Waals surface area contributed by atoms with Crippen LogP contribution in [0.5, 0.6) is 5.75 Å². The van der Waals surface area contributed by atoms with Crippen molar-refractivity contribution < 1.29 is 8.95 Å². The number of imidazole rings is 1. The number of H-pyrrole nitrogens is 1. The second-order valence-corrected chi connectivity index (χ2v) is 7.52. The number of nitrogens with two attached hydrogens (primary N) is 1. The molecule has 5 nitrogen and oxygen atoms in total. The van der Waals surface area contributed by atoms with E-state index in [1.54, 1.807) is 6.07 Å². The zero-order chi connectivity index (χ0) is 20.2. The minimum Gasteiger partial charge on any atom is -0.494 e. The summed E-state index contributed by atoms with van der Waals surface area (Å²) >= 11 is 0. The molecule has 0 amide bonds. The lowest BCUT2D eigenvalue weighted by atomic mass is 10.1. The third-order valence-electron chi connectivity index (χ3n) is 4.54. The number of hydrogen-bond acceptors (Lipinski definition) is 3. The Morgan fingerprint density at radius 2 is 1.86 bits per heavy atom. The third-order valence-corrected chi connectivity index (χ3v) is 5.33. The Labute approximate surface area is 171 Å². The Kier molecular flexibility index (Phi) is 5.55. The van der Waals surface area contributed by atoms with E-state index in [4.69, 9.17) is 9.88 Å². The first-order valence-corrected chi connectivity index (χ1v) is 10.5. The zero-order valence-corrected chi connectivity index (χ0v) is 16.8. The molecule has 1 heterocycles. The van der Waals surface area contributed by atoms with Gasteiger partial charge in [0.2, 0.25) is 0 Å². The molecule has 4 aromatic rings. The lowest BCUT2D eigenvalue weighted by Gasteiger charge is -2.06. The maximum absolute atomic E-state index is 11.8. The van der Waals surface area contributed by atoms with Gasteiger partial charge in [0.05, 0.1) is 22.5 Å². The van der Waals surface area contributed by atoms with E-state index >= 15 is 0 Å². The average Bonchev–Trinajstić information content (AvgIpc) is 3.15. The summed E-state index contributed by atoms with van der Waals surface area (Å²) in [6.07, 6.45) is 3.94. The minimum atomic E-state index is -1.54. The summed E-state index contributed by atoms with van der Waals surface area (Å²) in [6.45, 7) is 2.62. The van der Waals surface area contributed by atoms with Crippen molar-refractivity contribution in [3.05, 3.63) is 78.1 Å². The molecule has 1 atom stereocenters. The van der Waals surface area contributed by atoms with Gasteiger partial charge in [-0.05, 0) is 60.0 Å². The van der Waals surface area contributed by atoms with Gasteiger partial charge in [-0.1, -0.05) is 42.5 Å². The van der Waals surface area contributed by atoms with E-state index < -0.39 is 11.0 Å². The van der Waals surface area contributed by atoms with E-state index in [2.05, 4.69) is 9.97 Å². The molecule has 0 spiro atoms. The summed E-state index contributed by atoms with van der Waals surface area (Å²) in [7, 11) is -1.54. The van der Waals surface area contributed by atoms with Crippen molar-refractivity contribution in [1.29, 1.82) is 0 Å². The Morgan fingerprint density at radius 3 is 2.62 bits per heavy atom. The number of benzene rings is 3. The molecule has 0 aliphatic carbocycles. The molecule has 0 aliphatic rings. The van der Waals surface area contributed by atoms with Crippen LogP contribution in [0.25, 0.3) is 34.3 Å². The summed E-state index contributed by atoms with van der Waals surface area (Å²) in [5, 5.41) is 5.62. The number of fused-ring (bicyclic) bond motifs is 1. The van der Waals surface area contributed by atoms with Crippen LogP contribution in [0, 0.1) is 0 Å². The van der Waals surface area contributed by atoms with Crippen molar-refractivity contribution >= 4 is 34.2 Å². The number of rotatable bonds is 6. The number of aromatic amines is 1. The Hall–Kier alpha value is -3.22. The molecule has 0 saturated heterocycles. The van der Waals surface area contributed by atoms with Crippen LogP contribution in [-0.2, 0) is 11.0 Å². The van der Waals surface area contributed by atoms with E-state index in [1.165, 1.54) is 0 Å². The number of hydrogen-bond donors (Lipinski definition) is 2. The van der Waals surface area contributed by atoms with Crippen LogP contribution in [0.1, 0.15) is 18.3 Å². The van der Waals surface area contributed by atoms with Crippen molar-refractivity contribution in [1.82, 2.24) is 9.97 Å². The molecule has 1 aromatic heterocycles. The molecule has 29 heavy (non-hydrogen) atoms. The summed E-state index contributed by atoms with van der Waals surface area (Å²) in [5.74, 6) is 1.63. The van der Waals surface area contributed by atoms with Crippen LogP contribution in [0.15, 0.2) is 71.6 Å². The van der Waals surface area contributed by atoms with Crippen LogP contribution in [0.4, 0.5) is 0 Å². The van der Waals surface area contributed by atoms with Gasteiger partial charge in [-0.25, -0.2) is 14.3 Å². The first-order valence-electron chi connectivity index (χ1n) is 9.30. The normalized spacial score (nSPS) is 12.5. The number of aromatic nitrogens is 2. The largest absolute Gasteiger partial charge is 0.494 e. The fourth-order valence-corrected chi connectivity index (χ4v) is 3.79. The van der Waals surface area contributed by atoms with E-state index in [-0.39, 0.29) is 0 Å². The lowest BCUT2D eigenvalue weighted by Crippen LogP contribution is -2.04. The number of nitrogens with zero attached hydrogens (tertiary/aromatic N) is 1. The highest BCUT2D eigenvalue weighted by Gasteiger charge is 2.10. The second-order valence-electron chi connectivity index (χ2n) is 6.48. The predicted octanol–water partition coefficient (Wildman–Crippen LogP) is 4.78. The van der Waals surface area contributed by atoms with Crippen molar-refractivity contribution in [3.8, 4) is 16.9 Å². The van der Waals surface area contributed by atoms with Crippen molar-refractivity contribution in [3.63, 3.8) is 0 Å². The minimum absolute atomic E-state index is 0.613. The van der Waals surface area contributed by atoms with Gasteiger partial charge in [-0.3, -0.25) is 0 Å². The topological polar surface area (TPSA) is 81.0 Å². The van der Waals surface area contributed by atoms with Gasteiger partial charge in [-0.15, -0.1) is 0 Å². The molecule has 0 radical (unpaired) electrons. The van der Waals surface area contributed by atoms with Gasteiger partial charge < -0.3 is 9.72 Å². The van der Waals surface area contributed by atoms with E-state index in [1.807, 2.05) is 79.7 Å². The zero-order valence-electron chi connectivity index (χ0n) is 16.0. The van der Waals surface area contributed by atoms with Crippen LogP contribution in [-0.4, -0.2) is 20.8 Å². The number of nitrogens with one attached hydrogen (secondary N) is 1. The summed E-state index contributed by atoms with van der Waals surface area (Å²) in [6, 6.07) is 21.3. The molecule has 0 fully saturated rings. The van der Waals surface area contributed by atoms with Gasteiger partial charge in [0.1, 0.15) is 22.6 Å². The summed E-state index contributed by atoms with van der Waals surface area (Å²) in [5.41, 5.74) is 4.64. The highest BCUT2D eigenvalue weighted by molar-refractivity contribution is 7.82. The Bertz CT molecular complexity index is 1200. The molecule has 6 heteroatoms. The molecule has 1 unspecified atom stereocenters. The summed E-state index contributed by atoms with van der Waals surface area (Å²) < 4.78 is 17.3. The second kappa shape index (κ2) is 8.43. The van der Waals surface area contributed by atoms with E-state index in [9.17, 15) is 4.21 Å². The quantitative estimate of drug-likeness (QED) is 0.486. The molecule has 146 valence electrons. The fraction of sp³-hybridized carbons (Fsp3) is 0.0870. The highest BCUT2D eigenvalue weighted by atomic mass is 32.2. The van der Waals surface area contributed by atoms with Crippen molar-refractivity contribution in [2.24, 2.45) is 5.14 Å². The Balaban J connectivity index is 1.61. The van der Waals surface area contributed by atoms with Gasteiger partial charge in [0.15, 0.2) is 0 Å². The highest BCUT2D eigenvalue weighted by Crippen LogP contribution is 2.28. The predicted molar refractivity (Wildman–Crippen MR) is 119 cm³/mol. The average molecular weight is 404 g/mol. The molecule has 4 rings (SSSR count). The summed E-state index contributed by atoms with van der Waals surface area (Å²) in [4.78, 5) is 8.55. The first-order chi connectivity index (χ1) is 14.1. The van der Waals surface area contributed by atoms with E-state index in [0.717, 1.165) is 39.3 Å². The van der Waals surface area contributed by atoms with Gasteiger partial charge in [0, 0.05) is 0 Å². The van der Waals surface area contributed by atoms with Crippen LogP contribution >= 0.6 is 0 Å². The first kappa shape index (κ1) is 19.1. The maximum atomic E-state index is 11.8. The maximum Gasteiger partial charge on any atom is 0.131 e. The molecular weight excluding hydrogens is 382 g/mol. The van der Waals surface area contributed by atoms with Gasteiger partial charge >= 0.3 is 0 Å². The van der Waals surface area contributed by atoms with Crippen LogP contribution in [0.3, 0.4) is 0 Å². The Morgan fingerprint density at radius 1 is 1.07 bits per heavy atom. The van der Waals surface area contributed by atoms with Crippen molar-refractivity contribution in [2.45, 2.75) is 11.8 Å². The standard InChI is InChI=1S/C23H21N3O2S/c1-2-28-18-11-7-16(8-12-18)9-14-23-25-20-13-10-17(15-21(20)26-23)19-5-3-4-6-22(19)29(24)27/h3-15H,2,24H2,1H3,(H,25,26)/b14-9+. The third kappa shape index (κ3) is 4.29. The molecule has 3 N–H and O–H groups in total. The molecule has 0 bridgehead atoms. The molecule has 0 saturated carbocycles. The smallest absolute Gasteiger partial charge is 0.131 e. The number of ether oxygens (including phenoxy) is 1. The monoisotopic (exact) mass is 403 g/mol. The van der Waals surface area contributed by atoms with Crippen LogP contribution in [0.2, 0.25) is 0 Å². The lowest BCUT2D eigenvalue weighted by molar-refractivity contribution is 0.340. The fourth-order valence-electron chi connectivity index (χ4n) is 3.17. The SMILES string of the molecule is CCOc1ccc(/C=C/c2nc3ccc(-c4ccccc4S(N)=O)cc3[nH]2)cc1. The van der Waals surface area contributed by atoms with Crippen LogP contribution < -0.4 is 9.88 Å². The van der Waals surface area contributed by atoms with Gasteiger partial charge in [-0.2, -0.15) is 0 Å². The van der Waals surface area contributed by atoms with Gasteiger partial charge in [0.25, 0.3) is 0 Å².